The Balaban J connectivity index is 2.17. The number of anilines is 1. The first-order chi connectivity index (χ1) is 12.3. The fraction of sp³-hybridized carbons (Fsp3) is 0.154. The average Bonchev–Trinajstić information content (AvgIpc) is 2.51. The quantitative estimate of drug-likeness (QED) is 0.549. The van der Waals surface area contributed by atoms with E-state index in [9.17, 15) is 34.8 Å². The summed E-state index contributed by atoms with van der Waals surface area (Å²) in [5.41, 5.74) is 0.832. The summed E-state index contributed by atoms with van der Waals surface area (Å²) in [5, 5.41) is -0.540. The summed E-state index contributed by atoms with van der Waals surface area (Å²) in [6.45, 7) is 0. The first-order valence-electron chi connectivity index (χ1n) is 6.64. The molecule has 0 amide bonds. The lowest BCUT2D eigenvalue weighted by atomic mass is 10.3. The van der Waals surface area contributed by atoms with Crippen LogP contribution in [0.15, 0.2) is 41.4 Å². The zero-order chi connectivity index (χ0) is 20.5. The number of sulfonamides is 1. The molecule has 1 aromatic heterocycles. The van der Waals surface area contributed by atoms with Crippen LogP contribution in [0.3, 0.4) is 0 Å². The summed E-state index contributed by atoms with van der Waals surface area (Å²) in [7, 11) is -4.42. The highest BCUT2D eigenvalue weighted by Gasteiger charge is 2.32. The van der Waals surface area contributed by atoms with Crippen LogP contribution >= 0.6 is 11.6 Å². The van der Waals surface area contributed by atoms with Crippen molar-refractivity contribution in [1.82, 2.24) is 9.82 Å². The number of aromatic nitrogens is 1. The molecular formula is C13H8ClF6N3O3S. The molecule has 6 nitrogen and oxygen atoms in total. The number of halogens is 7. The third kappa shape index (κ3) is 5.87. The number of hydrazine groups is 1. The SMILES string of the molecule is O=S(=O)(NNc1ncc(C(F)(F)F)cc1Cl)c1cccc(OC(F)(F)F)c1. The number of alkyl halides is 6. The number of hydrogen-bond acceptors (Lipinski definition) is 5. The molecular weight excluding hydrogens is 428 g/mol. The normalized spacial score (nSPS) is 12.7. The van der Waals surface area contributed by atoms with E-state index in [1.165, 1.54) is 0 Å². The van der Waals surface area contributed by atoms with Gasteiger partial charge in [-0.25, -0.2) is 13.4 Å². The molecule has 2 rings (SSSR count). The minimum absolute atomic E-state index is 0.417. The predicted octanol–water partition coefficient (Wildman–Crippen LogP) is 3.96. The summed E-state index contributed by atoms with van der Waals surface area (Å²) >= 11 is 5.60. The number of hydrogen-bond donors (Lipinski definition) is 2. The van der Waals surface area contributed by atoms with Crippen molar-refractivity contribution >= 4 is 27.4 Å². The van der Waals surface area contributed by atoms with Gasteiger partial charge >= 0.3 is 12.5 Å². The van der Waals surface area contributed by atoms with Crippen LogP contribution < -0.4 is 15.0 Å². The van der Waals surface area contributed by atoms with Gasteiger partial charge in [-0.2, -0.15) is 13.2 Å². The molecule has 0 saturated heterocycles. The van der Waals surface area contributed by atoms with Crippen LogP contribution in [0.2, 0.25) is 5.02 Å². The first-order valence-corrected chi connectivity index (χ1v) is 8.50. The molecule has 0 unspecified atom stereocenters. The summed E-state index contributed by atoms with van der Waals surface area (Å²) in [6, 6.07) is 3.96. The Kier molecular flexibility index (Phi) is 5.77. The van der Waals surface area contributed by atoms with Crippen LogP contribution in [-0.2, 0) is 16.2 Å². The van der Waals surface area contributed by atoms with Crippen molar-refractivity contribution in [3.8, 4) is 5.75 Å². The zero-order valence-corrected chi connectivity index (χ0v) is 14.3. The lowest BCUT2D eigenvalue weighted by Gasteiger charge is -2.13. The monoisotopic (exact) mass is 435 g/mol. The molecule has 14 heteroatoms. The molecule has 0 spiro atoms. The maximum Gasteiger partial charge on any atom is 0.573 e. The lowest BCUT2D eigenvalue weighted by molar-refractivity contribution is -0.274. The Morgan fingerprint density at radius 2 is 1.74 bits per heavy atom. The van der Waals surface area contributed by atoms with E-state index in [1.54, 1.807) is 4.83 Å². The van der Waals surface area contributed by atoms with Crippen molar-refractivity contribution < 1.29 is 39.5 Å². The van der Waals surface area contributed by atoms with Gasteiger partial charge in [0, 0.05) is 12.3 Å². The second-order valence-corrected chi connectivity index (χ2v) is 6.89. The van der Waals surface area contributed by atoms with E-state index >= 15 is 0 Å². The van der Waals surface area contributed by atoms with Crippen molar-refractivity contribution in [3.05, 3.63) is 47.1 Å². The smallest absolute Gasteiger partial charge is 0.406 e. The molecule has 148 valence electrons. The molecule has 2 N–H and O–H groups in total. The van der Waals surface area contributed by atoms with Crippen LogP contribution in [-0.4, -0.2) is 19.8 Å². The van der Waals surface area contributed by atoms with E-state index in [0.29, 0.717) is 18.3 Å². The van der Waals surface area contributed by atoms with Gasteiger partial charge in [0.25, 0.3) is 10.0 Å². The van der Waals surface area contributed by atoms with Crippen molar-refractivity contribution in [3.63, 3.8) is 0 Å². The number of nitrogens with one attached hydrogen (secondary N) is 2. The van der Waals surface area contributed by atoms with E-state index < -0.39 is 49.6 Å². The largest absolute Gasteiger partial charge is 0.573 e. The zero-order valence-electron chi connectivity index (χ0n) is 12.7. The number of rotatable bonds is 5. The Hall–Kier alpha value is -2.25. The van der Waals surface area contributed by atoms with Gasteiger partial charge in [0.05, 0.1) is 15.5 Å². The highest BCUT2D eigenvalue weighted by atomic mass is 35.5. The highest BCUT2D eigenvalue weighted by Crippen LogP contribution is 2.32. The molecule has 0 bridgehead atoms. The molecule has 0 fully saturated rings. The van der Waals surface area contributed by atoms with Crippen molar-refractivity contribution in [2.24, 2.45) is 0 Å². The first kappa shape index (κ1) is 21.1. The third-order valence-corrected chi connectivity index (χ3v) is 4.36. The Bertz CT molecular complexity index is 934. The topological polar surface area (TPSA) is 80.3 Å². The van der Waals surface area contributed by atoms with Gasteiger partial charge in [0.2, 0.25) is 0 Å². The standard InChI is InChI=1S/C13H8ClF6N3O3S/c14-10-4-7(12(15,16)17)6-21-11(10)22-23-27(24,25)9-3-1-2-8(5-9)26-13(18,19)20/h1-6,23H,(H,21,22). The van der Waals surface area contributed by atoms with Crippen LogP contribution in [0.1, 0.15) is 5.56 Å². The molecule has 0 saturated carbocycles. The highest BCUT2D eigenvalue weighted by molar-refractivity contribution is 7.89. The molecule has 0 aliphatic rings. The second-order valence-electron chi connectivity index (χ2n) is 4.81. The summed E-state index contributed by atoms with van der Waals surface area (Å²) in [6.07, 6.45) is -9.31. The van der Waals surface area contributed by atoms with E-state index in [-0.39, 0.29) is 0 Å². The van der Waals surface area contributed by atoms with Crippen LogP contribution in [0.4, 0.5) is 32.2 Å². The molecule has 27 heavy (non-hydrogen) atoms. The van der Waals surface area contributed by atoms with Crippen molar-refractivity contribution in [2.75, 3.05) is 5.43 Å². The van der Waals surface area contributed by atoms with Crippen molar-refractivity contribution in [2.45, 2.75) is 17.4 Å². The van der Waals surface area contributed by atoms with Gasteiger partial charge in [-0.3, -0.25) is 5.43 Å². The van der Waals surface area contributed by atoms with Gasteiger partial charge in [0.15, 0.2) is 5.82 Å². The molecule has 2 aromatic rings. The Morgan fingerprint density at radius 3 is 2.30 bits per heavy atom. The van der Waals surface area contributed by atoms with Gasteiger partial charge in [-0.1, -0.05) is 17.7 Å². The van der Waals surface area contributed by atoms with E-state index in [1.807, 2.05) is 5.43 Å². The number of ether oxygens (including phenoxy) is 1. The third-order valence-electron chi connectivity index (χ3n) is 2.82. The minimum atomic E-state index is -5.02. The second kappa shape index (κ2) is 7.40. The molecule has 1 aromatic carbocycles. The summed E-state index contributed by atoms with van der Waals surface area (Å²) in [5.74, 6) is -1.23. The fourth-order valence-electron chi connectivity index (χ4n) is 1.70. The van der Waals surface area contributed by atoms with Gasteiger partial charge in [-0.15, -0.1) is 18.0 Å². The number of pyridine rings is 1. The Labute approximate surface area is 153 Å². The van der Waals surface area contributed by atoms with Crippen LogP contribution in [0.5, 0.6) is 5.75 Å². The molecule has 0 atom stereocenters. The summed E-state index contributed by atoms with van der Waals surface area (Å²) in [4.78, 5) is 4.47. The van der Waals surface area contributed by atoms with Crippen molar-refractivity contribution in [1.29, 1.82) is 0 Å². The van der Waals surface area contributed by atoms with E-state index in [0.717, 1.165) is 18.2 Å². The van der Waals surface area contributed by atoms with E-state index in [4.69, 9.17) is 11.6 Å². The number of nitrogens with zero attached hydrogens (tertiary/aromatic N) is 1. The predicted molar refractivity (Wildman–Crippen MR) is 81.3 cm³/mol. The lowest BCUT2D eigenvalue weighted by Crippen LogP contribution is -2.30. The van der Waals surface area contributed by atoms with Gasteiger partial charge < -0.3 is 4.74 Å². The minimum Gasteiger partial charge on any atom is -0.406 e. The number of benzene rings is 1. The fourth-order valence-corrected chi connectivity index (χ4v) is 2.79. The van der Waals surface area contributed by atoms with Crippen LogP contribution in [0.25, 0.3) is 0 Å². The van der Waals surface area contributed by atoms with Gasteiger partial charge in [-0.05, 0) is 18.2 Å². The Morgan fingerprint density at radius 1 is 1.07 bits per heavy atom. The molecule has 0 radical (unpaired) electrons. The van der Waals surface area contributed by atoms with Gasteiger partial charge in [0.1, 0.15) is 5.75 Å². The maximum atomic E-state index is 12.5. The van der Waals surface area contributed by atoms with Crippen LogP contribution in [0, 0.1) is 0 Å². The average molecular weight is 436 g/mol. The maximum absolute atomic E-state index is 12.5. The molecule has 0 aliphatic carbocycles. The summed E-state index contributed by atoms with van der Waals surface area (Å²) < 4.78 is 102. The van der Waals surface area contributed by atoms with E-state index in [2.05, 4.69) is 9.72 Å². The molecule has 1 heterocycles. The molecule has 0 aliphatic heterocycles.